The predicted molar refractivity (Wildman–Crippen MR) is 98.9 cm³/mol. The molecule has 0 aliphatic carbocycles. The molecule has 2 saturated heterocycles. The van der Waals surface area contributed by atoms with Crippen molar-refractivity contribution in [1.29, 1.82) is 0 Å². The molecule has 2 fully saturated rings. The van der Waals surface area contributed by atoms with Crippen molar-refractivity contribution in [1.82, 2.24) is 15.2 Å². The number of likely N-dealkylation sites (tertiary alicyclic amines) is 1. The molecule has 0 bridgehead atoms. The van der Waals surface area contributed by atoms with Gasteiger partial charge in [0, 0.05) is 48.9 Å². The van der Waals surface area contributed by atoms with Gasteiger partial charge in [-0.05, 0) is 49.4 Å². The number of aromatic nitrogens is 1. The Morgan fingerprint density at radius 2 is 2.04 bits per heavy atom. The highest BCUT2D eigenvalue weighted by Gasteiger charge is 2.26. The van der Waals surface area contributed by atoms with Gasteiger partial charge in [0.05, 0.1) is 12.5 Å². The van der Waals surface area contributed by atoms with Crippen LogP contribution in [-0.2, 0) is 9.53 Å². The first-order chi connectivity index (χ1) is 12.7. The summed E-state index contributed by atoms with van der Waals surface area (Å²) >= 11 is 0. The zero-order valence-electron chi connectivity index (χ0n) is 14.9. The lowest BCUT2D eigenvalue weighted by molar-refractivity contribution is -0.125. The summed E-state index contributed by atoms with van der Waals surface area (Å²) in [5.74, 6) is 0.664. The maximum atomic E-state index is 12.7. The van der Waals surface area contributed by atoms with Gasteiger partial charge in [-0.3, -0.25) is 9.59 Å². The average molecular weight is 355 g/mol. The van der Waals surface area contributed by atoms with Crippen molar-refractivity contribution >= 4 is 22.7 Å². The molecule has 0 radical (unpaired) electrons. The highest BCUT2D eigenvalue weighted by molar-refractivity contribution is 5.98. The van der Waals surface area contributed by atoms with Crippen LogP contribution in [-0.4, -0.2) is 54.5 Å². The summed E-state index contributed by atoms with van der Waals surface area (Å²) in [6, 6.07) is 7.77. The first kappa shape index (κ1) is 17.1. The van der Waals surface area contributed by atoms with Crippen molar-refractivity contribution in [2.45, 2.75) is 19.3 Å². The standard InChI is InChI=1S/C20H25N3O3/c24-19(17-6-10-26-13-17)22-12-14-4-8-23(9-5-14)20(25)16-1-2-18-15(11-16)3-7-21-18/h1-3,7,11,14,17,21H,4-6,8-10,12-13H2,(H,22,24). The molecule has 6 nitrogen and oxygen atoms in total. The fourth-order valence-electron chi connectivity index (χ4n) is 3.84. The number of ether oxygens (including phenoxy) is 1. The van der Waals surface area contributed by atoms with Crippen LogP contribution in [0.4, 0.5) is 0 Å². The zero-order chi connectivity index (χ0) is 17.9. The van der Waals surface area contributed by atoms with E-state index in [2.05, 4.69) is 10.3 Å². The molecule has 1 aromatic heterocycles. The van der Waals surface area contributed by atoms with E-state index < -0.39 is 0 Å². The Morgan fingerprint density at radius 1 is 1.19 bits per heavy atom. The summed E-state index contributed by atoms with van der Waals surface area (Å²) < 4.78 is 5.27. The lowest BCUT2D eigenvalue weighted by Crippen LogP contribution is -2.42. The van der Waals surface area contributed by atoms with Crippen LogP contribution in [0, 0.1) is 11.8 Å². The van der Waals surface area contributed by atoms with Crippen LogP contribution in [0.3, 0.4) is 0 Å². The minimum Gasteiger partial charge on any atom is -0.381 e. The first-order valence-corrected chi connectivity index (χ1v) is 9.42. The lowest BCUT2D eigenvalue weighted by atomic mass is 9.95. The Labute approximate surface area is 152 Å². The Morgan fingerprint density at radius 3 is 2.81 bits per heavy atom. The Bertz CT molecular complexity index is 786. The topological polar surface area (TPSA) is 74.4 Å². The predicted octanol–water partition coefficient (Wildman–Crippen LogP) is 2.17. The summed E-state index contributed by atoms with van der Waals surface area (Å²) in [6.07, 6.45) is 4.57. The van der Waals surface area contributed by atoms with Crippen molar-refractivity contribution in [3.8, 4) is 0 Å². The van der Waals surface area contributed by atoms with Crippen molar-refractivity contribution < 1.29 is 14.3 Å². The molecule has 1 unspecified atom stereocenters. The smallest absolute Gasteiger partial charge is 0.253 e. The molecule has 2 N–H and O–H groups in total. The van der Waals surface area contributed by atoms with Gasteiger partial charge >= 0.3 is 0 Å². The summed E-state index contributed by atoms with van der Waals surface area (Å²) in [4.78, 5) is 29.9. The van der Waals surface area contributed by atoms with E-state index in [-0.39, 0.29) is 17.7 Å². The largest absolute Gasteiger partial charge is 0.381 e. The molecule has 0 spiro atoms. The van der Waals surface area contributed by atoms with E-state index in [9.17, 15) is 9.59 Å². The number of hydrogen-bond donors (Lipinski definition) is 2. The number of piperidine rings is 1. The quantitative estimate of drug-likeness (QED) is 0.883. The second-order valence-corrected chi connectivity index (χ2v) is 7.32. The van der Waals surface area contributed by atoms with Crippen LogP contribution in [0.5, 0.6) is 0 Å². The van der Waals surface area contributed by atoms with E-state index in [0.29, 0.717) is 25.7 Å². The van der Waals surface area contributed by atoms with Crippen molar-refractivity contribution in [2.24, 2.45) is 11.8 Å². The molecular weight excluding hydrogens is 330 g/mol. The summed E-state index contributed by atoms with van der Waals surface area (Å²) in [5, 5.41) is 4.12. The number of rotatable bonds is 4. The second-order valence-electron chi connectivity index (χ2n) is 7.32. The van der Waals surface area contributed by atoms with Gasteiger partial charge < -0.3 is 19.9 Å². The van der Waals surface area contributed by atoms with Crippen LogP contribution < -0.4 is 5.32 Å². The molecular formula is C20H25N3O3. The van der Waals surface area contributed by atoms with Crippen molar-refractivity contribution in [3.05, 3.63) is 36.0 Å². The van der Waals surface area contributed by atoms with Crippen molar-refractivity contribution in [2.75, 3.05) is 32.8 Å². The molecule has 2 aliphatic rings. The van der Waals surface area contributed by atoms with E-state index in [1.165, 1.54) is 0 Å². The number of hydrogen-bond acceptors (Lipinski definition) is 3. The van der Waals surface area contributed by atoms with E-state index >= 15 is 0 Å². The number of fused-ring (bicyclic) bond motifs is 1. The summed E-state index contributed by atoms with van der Waals surface area (Å²) in [7, 11) is 0. The maximum absolute atomic E-state index is 12.7. The third-order valence-electron chi connectivity index (χ3n) is 5.57. The van der Waals surface area contributed by atoms with Crippen LogP contribution >= 0.6 is 0 Å². The molecule has 0 saturated carbocycles. The van der Waals surface area contributed by atoms with E-state index in [0.717, 1.165) is 48.8 Å². The molecule has 6 heteroatoms. The highest BCUT2D eigenvalue weighted by atomic mass is 16.5. The molecule has 2 aliphatic heterocycles. The number of nitrogens with one attached hydrogen (secondary N) is 2. The second kappa shape index (κ2) is 7.50. The van der Waals surface area contributed by atoms with Gasteiger partial charge in [0.25, 0.3) is 5.91 Å². The molecule has 1 aromatic carbocycles. The molecule has 4 rings (SSSR count). The van der Waals surface area contributed by atoms with Gasteiger partial charge in [-0.25, -0.2) is 0 Å². The molecule has 3 heterocycles. The first-order valence-electron chi connectivity index (χ1n) is 9.42. The Kier molecular flexibility index (Phi) is 4.93. The molecule has 138 valence electrons. The SMILES string of the molecule is O=C(NCC1CCN(C(=O)c2ccc3[nH]ccc3c2)CC1)C1CCOC1. The number of nitrogens with zero attached hydrogens (tertiary/aromatic N) is 1. The van der Waals surface area contributed by atoms with Gasteiger partial charge in [0.15, 0.2) is 0 Å². The minimum absolute atomic E-state index is 0.0139. The fourth-order valence-corrected chi connectivity index (χ4v) is 3.84. The van der Waals surface area contributed by atoms with Crippen LogP contribution in [0.25, 0.3) is 10.9 Å². The summed E-state index contributed by atoms with van der Waals surface area (Å²) in [6.45, 7) is 3.43. The maximum Gasteiger partial charge on any atom is 0.253 e. The highest BCUT2D eigenvalue weighted by Crippen LogP contribution is 2.21. The number of carbonyl (C=O) groups excluding carboxylic acids is 2. The van der Waals surface area contributed by atoms with Gasteiger partial charge in [-0.1, -0.05) is 0 Å². The zero-order valence-corrected chi connectivity index (χ0v) is 14.9. The number of amides is 2. The Balaban J connectivity index is 1.27. The average Bonchev–Trinajstić information content (AvgIpc) is 3.37. The molecule has 2 amide bonds. The van der Waals surface area contributed by atoms with Gasteiger partial charge in [0.1, 0.15) is 0 Å². The minimum atomic E-state index is 0.0139. The fraction of sp³-hybridized carbons (Fsp3) is 0.500. The van der Waals surface area contributed by atoms with E-state index in [1.807, 2.05) is 35.4 Å². The molecule has 2 aromatic rings. The van der Waals surface area contributed by atoms with Crippen LogP contribution in [0.2, 0.25) is 0 Å². The lowest BCUT2D eigenvalue weighted by Gasteiger charge is -2.32. The normalized spacial score (nSPS) is 21.2. The third kappa shape index (κ3) is 3.60. The van der Waals surface area contributed by atoms with E-state index in [1.54, 1.807) is 0 Å². The monoisotopic (exact) mass is 355 g/mol. The Hall–Kier alpha value is -2.34. The van der Waals surface area contributed by atoms with Gasteiger partial charge in [0.2, 0.25) is 5.91 Å². The third-order valence-corrected chi connectivity index (χ3v) is 5.57. The summed E-state index contributed by atoms with van der Waals surface area (Å²) in [5.41, 5.74) is 1.79. The van der Waals surface area contributed by atoms with Crippen LogP contribution in [0.15, 0.2) is 30.5 Å². The van der Waals surface area contributed by atoms with Gasteiger partial charge in [-0.15, -0.1) is 0 Å². The number of benzene rings is 1. The van der Waals surface area contributed by atoms with Gasteiger partial charge in [-0.2, -0.15) is 0 Å². The number of aromatic amines is 1. The molecule has 1 atom stereocenters. The number of H-pyrrole nitrogens is 1. The van der Waals surface area contributed by atoms with Crippen LogP contribution in [0.1, 0.15) is 29.6 Å². The molecule has 26 heavy (non-hydrogen) atoms. The number of carbonyl (C=O) groups is 2. The van der Waals surface area contributed by atoms with E-state index in [4.69, 9.17) is 4.74 Å². The van der Waals surface area contributed by atoms with Crippen molar-refractivity contribution in [3.63, 3.8) is 0 Å².